The lowest BCUT2D eigenvalue weighted by Gasteiger charge is -2.36. The number of ether oxygens (including phenoxy) is 1. The number of para-hydroxylation sites is 1. The van der Waals surface area contributed by atoms with Crippen molar-refractivity contribution >= 4 is 23.6 Å². The van der Waals surface area contributed by atoms with Crippen LogP contribution in [-0.4, -0.2) is 85.5 Å². The number of urea groups is 1. The van der Waals surface area contributed by atoms with E-state index in [1.54, 1.807) is 4.90 Å². The number of unbranched alkanes of at least 4 members (excludes halogenated alkanes) is 1. The molecule has 0 saturated carbocycles. The summed E-state index contributed by atoms with van der Waals surface area (Å²) in [5, 5.41) is 0. The van der Waals surface area contributed by atoms with Crippen LogP contribution >= 0.6 is 0 Å². The third kappa shape index (κ3) is 4.23. The minimum Gasteiger partial charge on any atom is -0.468 e. The molecular weight excluding hydrogens is 504 g/mol. The molecule has 1 aliphatic carbocycles. The van der Waals surface area contributed by atoms with Crippen LogP contribution < -0.4 is 4.90 Å². The van der Waals surface area contributed by atoms with E-state index in [0.29, 0.717) is 6.54 Å². The lowest BCUT2D eigenvalue weighted by atomic mass is 9.85. The van der Waals surface area contributed by atoms with Crippen LogP contribution in [0.5, 0.6) is 0 Å². The molecular formula is C32H34N4O4. The van der Waals surface area contributed by atoms with Crippen molar-refractivity contribution in [2.45, 2.75) is 18.4 Å². The first-order valence-electron chi connectivity index (χ1n) is 14.0. The second-order valence-electron chi connectivity index (χ2n) is 10.6. The Morgan fingerprint density at radius 3 is 1.98 bits per heavy atom. The molecule has 2 aliphatic heterocycles. The first kappa shape index (κ1) is 26.1. The summed E-state index contributed by atoms with van der Waals surface area (Å²) in [7, 11) is 1.26. The summed E-state index contributed by atoms with van der Waals surface area (Å²) >= 11 is 0. The van der Waals surface area contributed by atoms with Crippen molar-refractivity contribution in [2.75, 3.05) is 57.8 Å². The maximum absolute atomic E-state index is 14.2. The van der Waals surface area contributed by atoms with Crippen molar-refractivity contribution in [3.05, 3.63) is 90.0 Å². The average Bonchev–Trinajstić information content (AvgIpc) is 3.41. The molecule has 3 aliphatic rings. The van der Waals surface area contributed by atoms with E-state index in [-0.39, 0.29) is 0 Å². The standard InChI is InChI=1S/C32H34N4O4/c1-40-29(37)23-35-30(38)32(27-15-7-5-13-25(27)26-14-6-8-16-28(26)32)36(31(35)39)18-10-9-17-33-19-21-34(22-20-33)24-11-3-2-4-12-24/h2-8,11-16H,9-10,17-23H2,1H3. The molecule has 0 atom stereocenters. The molecule has 2 saturated heterocycles. The fourth-order valence-corrected chi connectivity index (χ4v) is 6.49. The molecule has 0 bridgehead atoms. The molecule has 2 heterocycles. The van der Waals surface area contributed by atoms with E-state index in [4.69, 9.17) is 4.74 Å². The Bertz CT molecular complexity index is 1370. The second kappa shape index (κ2) is 10.8. The van der Waals surface area contributed by atoms with Gasteiger partial charge in [-0.25, -0.2) is 4.79 Å². The van der Waals surface area contributed by atoms with Crippen LogP contribution in [0.25, 0.3) is 11.1 Å². The lowest BCUT2D eigenvalue weighted by molar-refractivity contribution is -0.145. The number of imide groups is 1. The molecule has 3 amide bonds. The molecule has 3 aromatic carbocycles. The van der Waals surface area contributed by atoms with Gasteiger partial charge in [-0.15, -0.1) is 0 Å². The number of hydrogen-bond acceptors (Lipinski definition) is 6. The first-order chi connectivity index (χ1) is 19.6. The van der Waals surface area contributed by atoms with Crippen molar-refractivity contribution in [3.63, 3.8) is 0 Å². The molecule has 1 spiro atoms. The summed E-state index contributed by atoms with van der Waals surface area (Å²) in [5.74, 6) is -1.01. The summed E-state index contributed by atoms with van der Waals surface area (Å²) < 4.78 is 4.82. The number of anilines is 1. The SMILES string of the molecule is COC(=O)CN1C(=O)N(CCCCN2CCN(c3ccccc3)CC2)C2(C1=O)c1ccccc1-c1ccccc12. The van der Waals surface area contributed by atoms with Gasteiger partial charge in [0.2, 0.25) is 0 Å². The van der Waals surface area contributed by atoms with Crippen LogP contribution in [0.1, 0.15) is 24.0 Å². The van der Waals surface area contributed by atoms with Crippen LogP contribution in [0.15, 0.2) is 78.9 Å². The molecule has 0 aromatic heterocycles. The highest BCUT2D eigenvalue weighted by atomic mass is 16.5. The van der Waals surface area contributed by atoms with Gasteiger partial charge in [0.15, 0.2) is 5.54 Å². The quantitative estimate of drug-likeness (QED) is 0.246. The molecule has 3 aromatic rings. The average molecular weight is 539 g/mol. The van der Waals surface area contributed by atoms with Crippen LogP contribution in [0.3, 0.4) is 0 Å². The lowest BCUT2D eigenvalue weighted by Crippen LogP contribution is -2.48. The molecule has 0 N–H and O–H groups in total. The Hall–Kier alpha value is -4.17. The van der Waals surface area contributed by atoms with Gasteiger partial charge < -0.3 is 14.5 Å². The smallest absolute Gasteiger partial charge is 0.328 e. The Balaban J connectivity index is 1.20. The molecule has 0 unspecified atom stereocenters. The molecule has 206 valence electrons. The fourth-order valence-electron chi connectivity index (χ4n) is 6.49. The third-order valence-corrected chi connectivity index (χ3v) is 8.46. The number of amides is 3. The summed E-state index contributed by atoms with van der Waals surface area (Å²) in [6, 6.07) is 25.6. The zero-order chi connectivity index (χ0) is 27.7. The normalized spacial score (nSPS) is 17.9. The maximum Gasteiger partial charge on any atom is 0.328 e. The zero-order valence-electron chi connectivity index (χ0n) is 22.8. The number of carbonyl (C=O) groups excluding carboxylic acids is 3. The van der Waals surface area contributed by atoms with Gasteiger partial charge in [0.1, 0.15) is 6.54 Å². The second-order valence-corrected chi connectivity index (χ2v) is 10.6. The van der Waals surface area contributed by atoms with Crippen LogP contribution in [0.4, 0.5) is 10.5 Å². The number of fused-ring (bicyclic) bond motifs is 5. The summed E-state index contributed by atoms with van der Waals surface area (Å²) in [6.07, 6.45) is 1.65. The van der Waals surface area contributed by atoms with E-state index in [0.717, 1.165) is 72.7 Å². The van der Waals surface area contributed by atoms with Gasteiger partial charge in [-0.2, -0.15) is 0 Å². The highest BCUT2D eigenvalue weighted by Gasteiger charge is 2.63. The number of methoxy groups -OCH3 is 1. The van der Waals surface area contributed by atoms with Crippen LogP contribution in [0.2, 0.25) is 0 Å². The fraction of sp³-hybridized carbons (Fsp3) is 0.344. The number of esters is 1. The predicted molar refractivity (Wildman–Crippen MR) is 153 cm³/mol. The molecule has 0 radical (unpaired) electrons. The first-order valence-corrected chi connectivity index (χ1v) is 14.0. The van der Waals surface area contributed by atoms with Gasteiger partial charge >= 0.3 is 12.0 Å². The molecule has 2 fully saturated rings. The van der Waals surface area contributed by atoms with E-state index in [2.05, 4.69) is 34.1 Å². The Kier molecular flexibility index (Phi) is 7.02. The van der Waals surface area contributed by atoms with Gasteiger partial charge in [-0.1, -0.05) is 66.7 Å². The van der Waals surface area contributed by atoms with Gasteiger partial charge in [-0.3, -0.25) is 19.4 Å². The van der Waals surface area contributed by atoms with Crippen LogP contribution in [-0.2, 0) is 19.9 Å². The summed E-state index contributed by atoms with van der Waals surface area (Å²) in [6.45, 7) is 4.91. The van der Waals surface area contributed by atoms with Crippen molar-refractivity contribution < 1.29 is 19.1 Å². The van der Waals surface area contributed by atoms with Crippen molar-refractivity contribution in [3.8, 4) is 11.1 Å². The number of benzene rings is 3. The van der Waals surface area contributed by atoms with E-state index in [9.17, 15) is 14.4 Å². The van der Waals surface area contributed by atoms with Gasteiger partial charge in [-0.05, 0) is 53.8 Å². The van der Waals surface area contributed by atoms with Crippen molar-refractivity contribution in [2.24, 2.45) is 0 Å². The molecule has 8 heteroatoms. The Labute approximate surface area is 234 Å². The summed E-state index contributed by atoms with van der Waals surface area (Å²) in [5.41, 5.74) is 3.46. The minimum absolute atomic E-state index is 0.391. The number of nitrogens with zero attached hydrogens (tertiary/aromatic N) is 4. The minimum atomic E-state index is -1.28. The van der Waals surface area contributed by atoms with E-state index in [1.807, 2.05) is 54.6 Å². The van der Waals surface area contributed by atoms with Crippen molar-refractivity contribution in [1.82, 2.24) is 14.7 Å². The molecule has 6 rings (SSSR count). The van der Waals surface area contributed by atoms with Crippen molar-refractivity contribution in [1.29, 1.82) is 0 Å². The molecule has 8 nitrogen and oxygen atoms in total. The Morgan fingerprint density at radius 1 is 0.775 bits per heavy atom. The number of rotatable bonds is 8. The molecule has 40 heavy (non-hydrogen) atoms. The predicted octanol–water partition coefficient (Wildman–Crippen LogP) is 3.95. The van der Waals surface area contributed by atoms with E-state index >= 15 is 0 Å². The zero-order valence-corrected chi connectivity index (χ0v) is 22.8. The monoisotopic (exact) mass is 538 g/mol. The highest BCUT2D eigenvalue weighted by Crippen LogP contribution is 2.54. The Morgan fingerprint density at radius 2 is 1.35 bits per heavy atom. The summed E-state index contributed by atoms with van der Waals surface area (Å²) in [4.78, 5) is 47.9. The number of piperazine rings is 1. The number of hydrogen-bond donors (Lipinski definition) is 0. The van der Waals surface area contributed by atoms with E-state index < -0.39 is 30.0 Å². The van der Waals surface area contributed by atoms with Gasteiger partial charge in [0.05, 0.1) is 7.11 Å². The van der Waals surface area contributed by atoms with Gasteiger partial charge in [0.25, 0.3) is 5.91 Å². The van der Waals surface area contributed by atoms with Gasteiger partial charge in [0, 0.05) is 38.4 Å². The van der Waals surface area contributed by atoms with Crippen LogP contribution in [0, 0.1) is 0 Å². The largest absolute Gasteiger partial charge is 0.468 e. The maximum atomic E-state index is 14.2. The highest BCUT2D eigenvalue weighted by molar-refractivity contribution is 6.14. The topological polar surface area (TPSA) is 73.4 Å². The van der Waals surface area contributed by atoms with E-state index in [1.165, 1.54) is 12.8 Å². The third-order valence-electron chi connectivity index (χ3n) is 8.46. The number of carbonyl (C=O) groups is 3.